The lowest BCUT2D eigenvalue weighted by Gasteiger charge is -2.27. The minimum absolute atomic E-state index is 0.800. The monoisotopic (exact) mass is 900 g/mol. The minimum Gasteiger partial charge on any atom is -0.456 e. The van der Waals surface area contributed by atoms with E-state index in [2.05, 4.69) is 198 Å². The first kappa shape index (κ1) is 38.1. The molecule has 0 atom stereocenters. The van der Waals surface area contributed by atoms with E-state index >= 15 is 0 Å². The van der Waals surface area contributed by atoms with Gasteiger partial charge in [0.05, 0.1) is 39.2 Å². The Bertz CT molecular complexity index is 4310. The van der Waals surface area contributed by atoms with Gasteiger partial charge in [-0.2, -0.15) is 0 Å². The second-order valence-corrected chi connectivity index (χ2v) is 18.7. The van der Waals surface area contributed by atoms with Crippen molar-refractivity contribution >= 4 is 153 Å². The molecule has 0 N–H and O–H groups in total. The van der Waals surface area contributed by atoms with Crippen molar-refractivity contribution in [3.05, 3.63) is 219 Å². The topological polar surface area (TPSA) is 58.5 Å². The molecule has 0 bridgehead atoms. The van der Waals surface area contributed by atoms with Crippen LogP contribution >= 0.6 is 11.3 Å². The molecule has 322 valence electrons. The van der Waals surface area contributed by atoms with Crippen LogP contribution in [0.4, 0.5) is 34.3 Å². The van der Waals surface area contributed by atoms with Gasteiger partial charge in [0.1, 0.15) is 33.0 Å². The van der Waals surface area contributed by atoms with E-state index in [-0.39, 0.29) is 0 Å². The van der Waals surface area contributed by atoms with Gasteiger partial charge in [0, 0.05) is 55.5 Å². The molecule has 10 aromatic carbocycles. The molecule has 0 unspecified atom stereocenters. The van der Waals surface area contributed by atoms with E-state index in [4.69, 9.17) is 18.8 Å². The number of aromatic nitrogens is 2. The molecular formula is C62H36N4O2S. The molecule has 7 heteroatoms. The molecule has 0 saturated carbocycles. The first-order chi connectivity index (χ1) is 34.2. The number of anilines is 6. The second-order valence-electron chi connectivity index (χ2n) is 17.7. The highest BCUT2D eigenvalue weighted by Gasteiger charge is 2.24. The van der Waals surface area contributed by atoms with Crippen molar-refractivity contribution in [2.75, 3.05) is 9.80 Å². The molecule has 0 aliphatic rings. The fourth-order valence-electron chi connectivity index (χ4n) is 10.7. The third-order valence-corrected chi connectivity index (χ3v) is 14.9. The zero-order chi connectivity index (χ0) is 45.2. The van der Waals surface area contributed by atoms with Crippen molar-refractivity contribution < 1.29 is 8.83 Å². The van der Waals surface area contributed by atoms with Crippen LogP contribution in [0.5, 0.6) is 0 Å². The zero-order valence-electron chi connectivity index (χ0n) is 36.8. The van der Waals surface area contributed by atoms with Crippen LogP contribution in [0.1, 0.15) is 0 Å². The summed E-state index contributed by atoms with van der Waals surface area (Å²) in [5.41, 5.74) is 9.27. The fourth-order valence-corrected chi connectivity index (χ4v) is 11.8. The highest BCUT2D eigenvalue weighted by Crippen LogP contribution is 2.47. The fraction of sp³-hybridized carbons (Fsp3) is 0. The number of hydrogen-bond acceptors (Lipinski definition) is 7. The van der Waals surface area contributed by atoms with Crippen molar-refractivity contribution in [3.63, 3.8) is 0 Å². The summed E-state index contributed by atoms with van der Waals surface area (Å²) in [4.78, 5) is 16.3. The summed E-state index contributed by atoms with van der Waals surface area (Å²) in [6, 6.07) is 75.3. The van der Waals surface area contributed by atoms with Gasteiger partial charge in [-0.3, -0.25) is 9.88 Å². The lowest BCUT2D eigenvalue weighted by atomic mass is 9.99. The maximum absolute atomic E-state index is 6.50. The first-order valence-electron chi connectivity index (χ1n) is 23.1. The number of pyridine rings is 2. The molecule has 69 heavy (non-hydrogen) atoms. The Balaban J connectivity index is 0.933. The molecule has 0 fully saturated rings. The first-order valence-corrected chi connectivity index (χ1v) is 23.9. The van der Waals surface area contributed by atoms with Gasteiger partial charge < -0.3 is 13.7 Å². The van der Waals surface area contributed by atoms with Gasteiger partial charge in [0.25, 0.3) is 0 Å². The highest BCUT2D eigenvalue weighted by molar-refractivity contribution is 7.25. The molecule has 15 aromatic rings. The summed E-state index contributed by atoms with van der Waals surface area (Å²) in [5, 5.41) is 14.8. The molecule has 6 nitrogen and oxygen atoms in total. The molecule has 5 heterocycles. The Morgan fingerprint density at radius 2 is 0.812 bits per heavy atom. The third kappa shape index (κ3) is 5.84. The van der Waals surface area contributed by atoms with Gasteiger partial charge in [-0.1, -0.05) is 133 Å². The van der Waals surface area contributed by atoms with Gasteiger partial charge in [-0.25, -0.2) is 4.98 Å². The second kappa shape index (κ2) is 14.7. The highest BCUT2D eigenvalue weighted by atomic mass is 32.1. The SMILES string of the molecule is c1ccc2c(c1)cc(N(c1ccc3c(c1)oc1ccccc13)c1cnc3c(c1)sc1nc(N(c4ccc5c(c4)oc4ccccc45)c4cc5ccccc5c5ccccc45)ccc13)c1ccccc12. The van der Waals surface area contributed by atoms with E-state index in [1.807, 2.05) is 30.5 Å². The standard InChI is InChI=1S/C62H36N4O2S/c1-3-15-42-37(13-1)31-53(46-19-7-5-17-44(42)46)65(39-25-27-50-48-21-9-11-23-55(48)67-57(50)33-39)41-35-59-61(63-36-41)52-29-30-60(64-62(52)69-59)66(40-26-28-51-49-22-10-12-24-56(49)68-58(51)34-40)54-32-38-14-2-4-16-43(38)45-18-6-8-20-47(45)54/h1-36H. The zero-order valence-corrected chi connectivity index (χ0v) is 37.6. The predicted octanol–water partition coefficient (Wildman–Crippen LogP) is 18.2. The van der Waals surface area contributed by atoms with Gasteiger partial charge in [-0.05, 0) is 99.0 Å². The number of benzene rings is 10. The van der Waals surface area contributed by atoms with Gasteiger partial charge in [0.2, 0.25) is 0 Å². The van der Waals surface area contributed by atoms with Crippen LogP contribution in [0, 0.1) is 0 Å². The summed E-state index contributed by atoms with van der Waals surface area (Å²) in [7, 11) is 0. The molecule has 0 saturated heterocycles. The Hall–Kier alpha value is -9.04. The molecule has 15 rings (SSSR count). The predicted molar refractivity (Wildman–Crippen MR) is 289 cm³/mol. The number of para-hydroxylation sites is 2. The minimum atomic E-state index is 0.800. The number of rotatable bonds is 6. The number of nitrogens with zero attached hydrogens (tertiary/aromatic N) is 4. The molecule has 0 aliphatic heterocycles. The van der Waals surface area contributed by atoms with Crippen LogP contribution in [-0.2, 0) is 0 Å². The van der Waals surface area contributed by atoms with E-state index in [1.54, 1.807) is 11.3 Å². The van der Waals surface area contributed by atoms with E-state index in [9.17, 15) is 0 Å². The quantitative estimate of drug-likeness (QED) is 0.155. The van der Waals surface area contributed by atoms with Crippen molar-refractivity contribution in [3.8, 4) is 0 Å². The molecular weight excluding hydrogens is 865 g/mol. The summed E-state index contributed by atoms with van der Waals surface area (Å²) in [5.74, 6) is 0.800. The number of furan rings is 2. The van der Waals surface area contributed by atoms with Gasteiger partial charge >= 0.3 is 0 Å². The number of hydrogen-bond donors (Lipinski definition) is 0. The molecule has 0 radical (unpaired) electrons. The van der Waals surface area contributed by atoms with Crippen molar-refractivity contribution in [1.29, 1.82) is 0 Å². The average Bonchev–Trinajstić information content (AvgIpc) is 4.09. The van der Waals surface area contributed by atoms with Crippen LogP contribution in [0.15, 0.2) is 227 Å². The van der Waals surface area contributed by atoms with E-state index in [0.717, 1.165) is 120 Å². The normalized spacial score (nSPS) is 12.1. The van der Waals surface area contributed by atoms with Crippen LogP contribution < -0.4 is 9.80 Å². The lowest BCUT2D eigenvalue weighted by Crippen LogP contribution is -2.12. The van der Waals surface area contributed by atoms with Crippen molar-refractivity contribution in [2.24, 2.45) is 0 Å². The maximum atomic E-state index is 6.50. The molecule has 5 aromatic heterocycles. The summed E-state index contributed by atoms with van der Waals surface area (Å²) in [6.45, 7) is 0. The van der Waals surface area contributed by atoms with Crippen molar-refractivity contribution in [2.45, 2.75) is 0 Å². The van der Waals surface area contributed by atoms with E-state index < -0.39 is 0 Å². The largest absolute Gasteiger partial charge is 0.456 e. The molecule has 0 amide bonds. The Morgan fingerprint density at radius 1 is 0.348 bits per heavy atom. The molecule has 0 spiro atoms. The van der Waals surface area contributed by atoms with Crippen molar-refractivity contribution in [1.82, 2.24) is 9.97 Å². The number of fused-ring (bicyclic) bond motifs is 15. The summed E-state index contributed by atoms with van der Waals surface area (Å²) in [6.07, 6.45) is 2.01. The Kier molecular flexibility index (Phi) is 8.13. The van der Waals surface area contributed by atoms with Gasteiger partial charge in [-0.15, -0.1) is 11.3 Å². The van der Waals surface area contributed by atoms with Gasteiger partial charge in [0.15, 0.2) is 0 Å². The van der Waals surface area contributed by atoms with E-state index in [1.165, 1.54) is 21.5 Å². The Morgan fingerprint density at radius 3 is 1.41 bits per heavy atom. The molecule has 0 aliphatic carbocycles. The van der Waals surface area contributed by atoms with Crippen LogP contribution in [0.2, 0.25) is 0 Å². The summed E-state index contributed by atoms with van der Waals surface area (Å²) < 4.78 is 14.0. The third-order valence-electron chi connectivity index (χ3n) is 13.8. The van der Waals surface area contributed by atoms with Crippen LogP contribution in [0.3, 0.4) is 0 Å². The Labute approximate surface area is 398 Å². The summed E-state index contributed by atoms with van der Waals surface area (Å²) >= 11 is 1.67. The lowest BCUT2D eigenvalue weighted by molar-refractivity contribution is 0.668. The maximum Gasteiger partial charge on any atom is 0.139 e. The van der Waals surface area contributed by atoms with Crippen LogP contribution in [0.25, 0.3) is 107 Å². The van der Waals surface area contributed by atoms with Crippen LogP contribution in [-0.4, -0.2) is 9.97 Å². The number of thiophene rings is 1. The smallest absolute Gasteiger partial charge is 0.139 e. The van der Waals surface area contributed by atoms with E-state index in [0.29, 0.717) is 0 Å². The average molecular weight is 901 g/mol.